The summed E-state index contributed by atoms with van der Waals surface area (Å²) in [6, 6.07) is 10.0. The van der Waals surface area contributed by atoms with Crippen molar-refractivity contribution in [3.05, 3.63) is 30.3 Å². The number of hydrogen-bond donors (Lipinski definition) is 1. The molecule has 0 aromatic heterocycles. The minimum absolute atomic E-state index is 0.0697. The van der Waals surface area contributed by atoms with Gasteiger partial charge >= 0.3 is 5.97 Å². The average Bonchev–Trinajstić information content (AvgIpc) is 2.43. The maximum atomic E-state index is 12.1. The summed E-state index contributed by atoms with van der Waals surface area (Å²) in [5, 5.41) is 8.87. The molecule has 0 atom stereocenters. The Hall–Kier alpha value is -1.49. The topological polar surface area (TPSA) is 57.6 Å². The van der Waals surface area contributed by atoms with Gasteiger partial charge in [-0.2, -0.15) is 0 Å². The zero-order valence-electron chi connectivity index (χ0n) is 12.6. The molecule has 0 radical (unpaired) electrons. The van der Waals surface area contributed by atoms with Crippen LogP contribution in [0.2, 0.25) is 0 Å². The molecule has 1 N–H and O–H groups in total. The molecule has 116 valence electrons. The minimum Gasteiger partial charge on any atom is -0.480 e. The van der Waals surface area contributed by atoms with Crippen LogP contribution in [-0.2, 0) is 9.59 Å². The van der Waals surface area contributed by atoms with Gasteiger partial charge in [-0.05, 0) is 30.2 Å². The summed E-state index contributed by atoms with van der Waals surface area (Å²) >= 11 is 1.71. The lowest BCUT2D eigenvalue weighted by Gasteiger charge is -2.22. The van der Waals surface area contributed by atoms with Crippen LogP contribution in [0.3, 0.4) is 0 Å². The first kappa shape index (κ1) is 17.6. The molecule has 1 rings (SSSR count). The predicted molar refractivity (Wildman–Crippen MR) is 85.5 cm³/mol. The van der Waals surface area contributed by atoms with Gasteiger partial charge in [0.1, 0.15) is 6.54 Å². The van der Waals surface area contributed by atoms with Crippen LogP contribution in [-0.4, -0.2) is 40.7 Å². The zero-order chi connectivity index (χ0) is 15.7. The fraction of sp³-hybridized carbons (Fsp3) is 0.500. The van der Waals surface area contributed by atoms with Gasteiger partial charge in [0.2, 0.25) is 5.91 Å². The summed E-state index contributed by atoms with van der Waals surface area (Å²) in [7, 11) is 0. The Morgan fingerprint density at radius 3 is 2.48 bits per heavy atom. The number of thioether (sulfide) groups is 1. The van der Waals surface area contributed by atoms with Gasteiger partial charge in [-0.3, -0.25) is 9.59 Å². The summed E-state index contributed by atoms with van der Waals surface area (Å²) in [5.74, 6) is 0.104. The van der Waals surface area contributed by atoms with Gasteiger partial charge in [-0.25, -0.2) is 0 Å². The molecule has 4 nitrogen and oxygen atoms in total. The number of carboxylic acid groups (broad SMARTS) is 1. The maximum absolute atomic E-state index is 12.1. The fourth-order valence-electron chi connectivity index (χ4n) is 1.95. The van der Waals surface area contributed by atoms with Crippen LogP contribution < -0.4 is 0 Å². The molecule has 0 saturated heterocycles. The average molecular weight is 309 g/mol. The van der Waals surface area contributed by atoms with E-state index in [-0.39, 0.29) is 18.4 Å². The molecule has 0 saturated carbocycles. The number of nitrogens with zero attached hydrogens (tertiary/aromatic N) is 1. The lowest BCUT2D eigenvalue weighted by molar-refractivity contribution is -0.144. The van der Waals surface area contributed by atoms with E-state index in [1.807, 2.05) is 44.2 Å². The maximum Gasteiger partial charge on any atom is 0.323 e. The summed E-state index contributed by atoms with van der Waals surface area (Å²) in [6.07, 6.45) is 1.16. The highest BCUT2D eigenvalue weighted by molar-refractivity contribution is 7.99. The first-order valence-electron chi connectivity index (χ1n) is 7.16. The van der Waals surface area contributed by atoms with Gasteiger partial charge in [0.05, 0.1) is 0 Å². The van der Waals surface area contributed by atoms with Gasteiger partial charge in [0.15, 0.2) is 0 Å². The molecule has 1 amide bonds. The second kappa shape index (κ2) is 9.45. The molecule has 0 heterocycles. The number of benzene rings is 1. The van der Waals surface area contributed by atoms with Gasteiger partial charge < -0.3 is 10.0 Å². The van der Waals surface area contributed by atoms with Crippen molar-refractivity contribution in [1.29, 1.82) is 0 Å². The van der Waals surface area contributed by atoms with Crippen molar-refractivity contribution in [1.82, 2.24) is 4.90 Å². The van der Waals surface area contributed by atoms with Crippen molar-refractivity contribution in [2.75, 3.05) is 18.8 Å². The predicted octanol–water partition coefficient (Wildman–Crippen LogP) is 3.13. The molecule has 1 aromatic rings. The van der Waals surface area contributed by atoms with E-state index < -0.39 is 5.97 Å². The highest BCUT2D eigenvalue weighted by atomic mass is 32.2. The Morgan fingerprint density at radius 2 is 1.90 bits per heavy atom. The van der Waals surface area contributed by atoms with Crippen LogP contribution in [0.15, 0.2) is 35.2 Å². The summed E-state index contributed by atoms with van der Waals surface area (Å²) in [6.45, 7) is 4.25. The van der Waals surface area contributed by atoms with Crippen molar-refractivity contribution in [2.45, 2.75) is 31.6 Å². The van der Waals surface area contributed by atoms with Crippen LogP contribution >= 0.6 is 11.8 Å². The van der Waals surface area contributed by atoms with E-state index in [2.05, 4.69) is 0 Å². The van der Waals surface area contributed by atoms with E-state index in [9.17, 15) is 9.59 Å². The van der Waals surface area contributed by atoms with Crippen molar-refractivity contribution in [3.63, 3.8) is 0 Å². The Balaban J connectivity index is 2.34. The minimum atomic E-state index is -0.956. The molecule has 0 bridgehead atoms. The largest absolute Gasteiger partial charge is 0.480 e. The Labute approximate surface area is 130 Å². The standard InChI is InChI=1S/C16H23NO3S/c1-13(2)11-17(12-16(19)20)15(18)9-6-10-21-14-7-4-3-5-8-14/h3-5,7-8,13H,6,9-12H2,1-2H3,(H,19,20). The Morgan fingerprint density at radius 1 is 1.24 bits per heavy atom. The Bertz CT molecular complexity index is 448. The van der Waals surface area contributed by atoms with Crippen molar-refractivity contribution < 1.29 is 14.7 Å². The van der Waals surface area contributed by atoms with E-state index in [1.54, 1.807) is 11.8 Å². The van der Waals surface area contributed by atoms with Crippen LogP contribution in [0.1, 0.15) is 26.7 Å². The number of rotatable bonds is 9. The first-order valence-corrected chi connectivity index (χ1v) is 8.15. The molecule has 5 heteroatoms. The van der Waals surface area contributed by atoms with E-state index in [0.29, 0.717) is 13.0 Å². The third kappa shape index (κ3) is 7.75. The first-order chi connectivity index (χ1) is 9.99. The number of aliphatic carboxylic acids is 1. The van der Waals surface area contributed by atoms with Gasteiger partial charge in [0.25, 0.3) is 0 Å². The van der Waals surface area contributed by atoms with Crippen molar-refractivity contribution >= 4 is 23.6 Å². The Kier molecular flexibility index (Phi) is 7.90. The molecule has 0 unspecified atom stereocenters. The molecule has 0 fully saturated rings. The van der Waals surface area contributed by atoms with Gasteiger partial charge in [-0.15, -0.1) is 11.8 Å². The summed E-state index contributed by atoms with van der Waals surface area (Å²) < 4.78 is 0. The zero-order valence-corrected chi connectivity index (χ0v) is 13.4. The fourth-order valence-corrected chi connectivity index (χ4v) is 2.82. The van der Waals surface area contributed by atoms with E-state index in [1.165, 1.54) is 9.80 Å². The van der Waals surface area contributed by atoms with Crippen molar-refractivity contribution in [3.8, 4) is 0 Å². The van der Waals surface area contributed by atoms with Crippen LogP contribution in [0.5, 0.6) is 0 Å². The number of carbonyl (C=O) groups is 2. The smallest absolute Gasteiger partial charge is 0.323 e. The molecule has 0 aliphatic carbocycles. The van der Waals surface area contributed by atoms with E-state index in [4.69, 9.17) is 5.11 Å². The molecular formula is C16H23NO3S. The molecule has 0 aliphatic heterocycles. The molecule has 1 aromatic carbocycles. The number of amides is 1. The number of carboxylic acids is 1. The van der Waals surface area contributed by atoms with Crippen LogP contribution in [0, 0.1) is 5.92 Å². The quantitative estimate of drug-likeness (QED) is 0.562. The molecule has 0 aliphatic rings. The molecular weight excluding hydrogens is 286 g/mol. The third-order valence-electron chi connectivity index (χ3n) is 2.81. The monoisotopic (exact) mass is 309 g/mol. The van der Waals surface area contributed by atoms with Gasteiger partial charge in [-0.1, -0.05) is 32.0 Å². The summed E-state index contributed by atoms with van der Waals surface area (Å²) in [4.78, 5) is 25.5. The van der Waals surface area contributed by atoms with Crippen LogP contribution in [0.4, 0.5) is 0 Å². The second-order valence-electron chi connectivity index (χ2n) is 5.33. The van der Waals surface area contributed by atoms with Crippen molar-refractivity contribution in [2.24, 2.45) is 5.92 Å². The summed E-state index contributed by atoms with van der Waals surface area (Å²) in [5.41, 5.74) is 0. The lowest BCUT2D eigenvalue weighted by Crippen LogP contribution is -2.38. The second-order valence-corrected chi connectivity index (χ2v) is 6.50. The van der Waals surface area contributed by atoms with E-state index in [0.717, 1.165) is 12.2 Å². The SMILES string of the molecule is CC(C)CN(CC(=O)O)C(=O)CCCSc1ccccc1. The van der Waals surface area contributed by atoms with Crippen LogP contribution in [0.25, 0.3) is 0 Å². The highest BCUT2D eigenvalue weighted by Crippen LogP contribution is 2.18. The lowest BCUT2D eigenvalue weighted by atomic mass is 10.2. The molecule has 0 spiro atoms. The number of hydrogen-bond acceptors (Lipinski definition) is 3. The highest BCUT2D eigenvalue weighted by Gasteiger charge is 2.17. The third-order valence-corrected chi connectivity index (χ3v) is 3.91. The molecule has 21 heavy (non-hydrogen) atoms. The number of carbonyl (C=O) groups excluding carboxylic acids is 1. The normalized spacial score (nSPS) is 10.6. The van der Waals surface area contributed by atoms with Gasteiger partial charge in [0, 0.05) is 17.9 Å². The van der Waals surface area contributed by atoms with E-state index >= 15 is 0 Å².